The van der Waals surface area contributed by atoms with Crippen LogP contribution in [0.3, 0.4) is 0 Å². The van der Waals surface area contributed by atoms with Crippen molar-refractivity contribution < 1.29 is 19.5 Å². The fourth-order valence-corrected chi connectivity index (χ4v) is 2.19. The van der Waals surface area contributed by atoms with Gasteiger partial charge in [0.25, 0.3) is 0 Å². The Labute approximate surface area is 118 Å². The van der Waals surface area contributed by atoms with Crippen molar-refractivity contribution in [2.24, 2.45) is 11.8 Å². The lowest BCUT2D eigenvalue weighted by molar-refractivity contribution is -0.142. The summed E-state index contributed by atoms with van der Waals surface area (Å²) in [7, 11) is 0. The molecule has 1 heterocycles. The van der Waals surface area contributed by atoms with Crippen LogP contribution in [0.25, 0.3) is 0 Å². The normalized spacial score (nSPS) is 21.9. The van der Waals surface area contributed by atoms with Crippen LogP contribution in [-0.2, 0) is 9.59 Å². The van der Waals surface area contributed by atoms with Crippen molar-refractivity contribution in [3.63, 3.8) is 0 Å². The van der Waals surface area contributed by atoms with E-state index in [0.29, 0.717) is 25.4 Å². The fraction of sp³-hybridized carbons (Fsp3) is 0.769. The Kier molecular flexibility index (Phi) is 5.79. The highest BCUT2D eigenvalue weighted by molar-refractivity contribution is 5.84. The molecule has 3 N–H and O–H groups in total. The van der Waals surface area contributed by atoms with Crippen molar-refractivity contribution in [3.8, 4) is 0 Å². The molecular weight excluding hydrogens is 262 g/mol. The van der Waals surface area contributed by atoms with Gasteiger partial charge >= 0.3 is 12.0 Å². The third kappa shape index (κ3) is 4.40. The summed E-state index contributed by atoms with van der Waals surface area (Å²) in [6, 6.07) is -0.743. The smallest absolute Gasteiger partial charge is 0.318 e. The molecule has 0 saturated carbocycles. The Morgan fingerprint density at radius 1 is 1.30 bits per heavy atom. The molecule has 20 heavy (non-hydrogen) atoms. The van der Waals surface area contributed by atoms with E-state index in [0.717, 1.165) is 0 Å². The number of rotatable bonds is 5. The Balaban J connectivity index is 2.37. The lowest BCUT2D eigenvalue weighted by Gasteiger charge is -2.23. The first kappa shape index (κ1) is 16.3. The molecule has 3 amide bonds. The molecule has 7 heteroatoms. The molecule has 2 unspecified atom stereocenters. The van der Waals surface area contributed by atoms with Gasteiger partial charge in [-0.1, -0.05) is 13.8 Å². The number of aliphatic carboxylic acids is 1. The van der Waals surface area contributed by atoms with Gasteiger partial charge in [0.1, 0.15) is 0 Å². The highest BCUT2D eigenvalue weighted by Gasteiger charge is 2.38. The number of amides is 3. The number of hydrogen-bond donors (Lipinski definition) is 3. The Morgan fingerprint density at radius 2 is 1.95 bits per heavy atom. The molecule has 0 bridgehead atoms. The largest absolute Gasteiger partial charge is 0.481 e. The monoisotopic (exact) mass is 285 g/mol. The number of nitrogens with one attached hydrogen (secondary N) is 2. The highest BCUT2D eigenvalue weighted by Crippen LogP contribution is 2.23. The number of urea groups is 1. The van der Waals surface area contributed by atoms with E-state index in [2.05, 4.69) is 10.6 Å². The van der Waals surface area contributed by atoms with Crippen LogP contribution in [0.1, 0.15) is 27.2 Å². The molecule has 0 aromatic rings. The Morgan fingerprint density at radius 3 is 2.45 bits per heavy atom. The van der Waals surface area contributed by atoms with E-state index >= 15 is 0 Å². The minimum atomic E-state index is -0.887. The van der Waals surface area contributed by atoms with Gasteiger partial charge in [0, 0.05) is 19.1 Å². The predicted molar refractivity (Wildman–Crippen MR) is 73.2 cm³/mol. The Hall–Kier alpha value is -1.79. The van der Waals surface area contributed by atoms with Crippen LogP contribution >= 0.6 is 0 Å². The van der Waals surface area contributed by atoms with E-state index in [1.165, 1.54) is 4.90 Å². The molecule has 2 atom stereocenters. The van der Waals surface area contributed by atoms with Crippen LogP contribution in [0.15, 0.2) is 0 Å². The van der Waals surface area contributed by atoms with Crippen molar-refractivity contribution >= 4 is 17.9 Å². The van der Waals surface area contributed by atoms with Crippen molar-refractivity contribution in [1.82, 2.24) is 15.5 Å². The zero-order valence-corrected chi connectivity index (χ0v) is 12.2. The van der Waals surface area contributed by atoms with E-state index in [9.17, 15) is 14.4 Å². The average molecular weight is 285 g/mol. The first-order valence-electron chi connectivity index (χ1n) is 6.87. The molecule has 1 aliphatic rings. The first-order valence-corrected chi connectivity index (χ1v) is 6.87. The molecule has 1 fully saturated rings. The maximum Gasteiger partial charge on any atom is 0.318 e. The third-order valence-electron chi connectivity index (χ3n) is 3.44. The van der Waals surface area contributed by atoms with Gasteiger partial charge in [-0.15, -0.1) is 0 Å². The topological polar surface area (TPSA) is 98.7 Å². The van der Waals surface area contributed by atoms with Gasteiger partial charge in [-0.2, -0.15) is 0 Å². The van der Waals surface area contributed by atoms with Crippen molar-refractivity contribution in [2.75, 3.05) is 19.6 Å². The van der Waals surface area contributed by atoms with Crippen LogP contribution in [0.5, 0.6) is 0 Å². The van der Waals surface area contributed by atoms with Gasteiger partial charge in [-0.25, -0.2) is 4.79 Å². The first-order chi connectivity index (χ1) is 9.32. The van der Waals surface area contributed by atoms with E-state index < -0.39 is 11.9 Å². The highest BCUT2D eigenvalue weighted by atomic mass is 16.4. The van der Waals surface area contributed by atoms with Crippen LogP contribution < -0.4 is 10.6 Å². The second-order valence-electron chi connectivity index (χ2n) is 5.52. The molecular formula is C13H23N3O4. The quantitative estimate of drug-likeness (QED) is 0.675. The molecule has 1 saturated heterocycles. The number of nitrogens with zero attached hydrogens (tertiary/aromatic N) is 1. The van der Waals surface area contributed by atoms with Gasteiger partial charge in [0.15, 0.2) is 0 Å². The second-order valence-corrected chi connectivity index (χ2v) is 5.52. The van der Waals surface area contributed by atoms with Crippen LogP contribution in [-0.4, -0.2) is 53.6 Å². The van der Waals surface area contributed by atoms with Crippen LogP contribution in [0.2, 0.25) is 0 Å². The Bertz CT molecular complexity index is 384. The van der Waals surface area contributed by atoms with E-state index in [-0.39, 0.29) is 24.5 Å². The summed E-state index contributed by atoms with van der Waals surface area (Å²) in [5.41, 5.74) is 0. The van der Waals surface area contributed by atoms with Gasteiger partial charge in [0.05, 0.1) is 12.5 Å². The number of carboxylic acid groups (broad SMARTS) is 1. The molecule has 114 valence electrons. The molecule has 0 aromatic heterocycles. The third-order valence-corrected chi connectivity index (χ3v) is 3.44. The van der Waals surface area contributed by atoms with Crippen LogP contribution in [0, 0.1) is 11.8 Å². The maximum absolute atomic E-state index is 11.9. The fourth-order valence-electron chi connectivity index (χ4n) is 2.19. The SMILES string of the molecule is CC(C)CNC(=O)CNC(=O)N1CCC(C(=O)O)C1C. The summed E-state index contributed by atoms with van der Waals surface area (Å²) in [6.07, 6.45) is 0.448. The molecule has 7 nitrogen and oxygen atoms in total. The summed E-state index contributed by atoms with van der Waals surface area (Å²) in [5, 5.41) is 14.2. The second kappa shape index (κ2) is 7.12. The number of hydrogen-bond acceptors (Lipinski definition) is 3. The number of carbonyl (C=O) groups is 3. The van der Waals surface area contributed by atoms with Crippen molar-refractivity contribution in [2.45, 2.75) is 33.2 Å². The zero-order valence-electron chi connectivity index (χ0n) is 12.2. The molecule has 0 spiro atoms. The molecule has 0 aromatic carbocycles. The molecule has 1 rings (SSSR count). The van der Waals surface area contributed by atoms with Crippen molar-refractivity contribution in [3.05, 3.63) is 0 Å². The van der Waals surface area contributed by atoms with Gasteiger partial charge in [-0.05, 0) is 19.3 Å². The van der Waals surface area contributed by atoms with Gasteiger partial charge in [-0.3, -0.25) is 9.59 Å². The molecule has 0 radical (unpaired) electrons. The van der Waals surface area contributed by atoms with E-state index in [1.54, 1.807) is 6.92 Å². The minimum absolute atomic E-state index is 0.0908. The van der Waals surface area contributed by atoms with Gasteiger partial charge in [0.2, 0.25) is 5.91 Å². The summed E-state index contributed by atoms with van der Waals surface area (Å²) >= 11 is 0. The predicted octanol–water partition coefficient (Wildman–Crippen LogP) is 0.263. The van der Waals surface area contributed by atoms with E-state index in [4.69, 9.17) is 5.11 Å². The zero-order chi connectivity index (χ0) is 15.3. The summed E-state index contributed by atoms with van der Waals surface area (Å²) in [5.74, 6) is -1.31. The van der Waals surface area contributed by atoms with Gasteiger partial charge < -0.3 is 20.6 Å². The lowest BCUT2D eigenvalue weighted by atomic mass is 10.0. The summed E-state index contributed by atoms with van der Waals surface area (Å²) in [6.45, 7) is 6.55. The van der Waals surface area contributed by atoms with Crippen LogP contribution in [0.4, 0.5) is 4.79 Å². The molecule has 0 aliphatic carbocycles. The number of carboxylic acids is 1. The summed E-state index contributed by atoms with van der Waals surface area (Å²) < 4.78 is 0. The maximum atomic E-state index is 11.9. The van der Waals surface area contributed by atoms with E-state index in [1.807, 2.05) is 13.8 Å². The van der Waals surface area contributed by atoms with Crippen molar-refractivity contribution in [1.29, 1.82) is 0 Å². The number of carbonyl (C=O) groups excluding carboxylic acids is 2. The molecule has 1 aliphatic heterocycles. The number of likely N-dealkylation sites (tertiary alicyclic amines) is 1. The standard InChI is InChI=1S/C13H23N3O4/c1-8(2)6-14-11(17)7-15-13(20)16-5-4-10(9(16)3)12(18)19/h8-10H,4-7H2,1-3H3,(H,14,17)(H,15,20)(H,18,19). The minimum Gasteiger partial charge on any atom is -0.481 e. The average Bonchev–Trinajstić information content (AvgIpc) is 2.75. The summed E-state index contributed by atoms with van der Waals surface area (Å²) in [4.78, 5) is 35.8. The lowest BCUT2D eigenvalue weighted by Crippen LogP contribution is -2.47.